The molecule has 0 aliphatic carbocycles. The van der Waals surface area contributed by atoms with Crippen molar-refractivity contribution >= 4 is 22.7 Å². The second-order valence-electron chi connectivity index (χ2n) is 5.74. The fourth-order valence-electron chi connectivity index (χ4n) is 2.47. The predicted molar refractivity (Wildman–Crippen MR) is 99.1 cm³/mol. The molecule has 1 heterocycles. The number of hydrogen-bond acceptors (Lipinski definition) is 4. The maximum absolute atomic E-state index is 12.4. The molecule has 0 saturated carbocycles. The van der Waals surface area contributed by atoms with Gasteiger partial charge in [0.25, 0.3) is 5.56 Å². The Bertz CT molecular complexity index is 934. The summed E-state index contributed by atoms with van der Waals surface area (Å²) < 4.78 is 7.46. The third-order valence-corrected chi connectivity index (χ3v) is 4.85. The molecule has 3 rings (SSSR count). The largest absolute Gasteiger partial charge is 0.492 e. The van der Waals surface area contributed by atoms with Crippen molar-refractivity contribution in [1.29, 1.82) is 0 Å². The summed E-state index contributed by atoms with van der Waals surface area (Å²) >= 11 is 1.53. The summed E-state index contributed by atoms with van der Waals surface area (Å²) in [5.74, 6) is 1.64. The van der Waals surface area contributed by atoms with E-state index in [0.717, 1.165) is 22.6 Å². The molecule has 0 N–H and O–H groups in total. The van der Waals surface area contributed by atoms with Crippen LogP contribution in [0.15, 0.2) is 52.4 Å². The first-order valence-corrected chi connectivity index (χ1v) is 8.83. The Kier molecular flexibility index (Phi) is 4.90. The number of ether oxygens (including phenoxy) is 1. The number of aromatic nitrogens is 2. The van der Waals surface area contributed by atoms with Crippen LogP contribution < -0.4 is 10.3 Å². The summed E-state index contributed by atoms with van der Waals surface area (Å²) in [6.45, 7) is 4.66. The first kappa shape index (κ1) is 16.6. The Labute approximate surface area is 145 Å². The second kappa shape index (κ2) is 7.09. The Morgan fingerprint density at radius 3 is 2.79 bits per heavy atom. The van der Waals surface area contributed by atoms with Crippen molar-refractivity contribution in [3.63, 3.8) is 0 Å². The van der Waals surface area contributed by atoms with Crippen LogP contribution in [0.3, 0.4) is 0 Å². The molecule has 5 heteroatoms. The van der Waals surface area contributed by atoms with Crippen LogP contribution in [0.2, 0.25) is 0 Å². The fourth-order valence-corrected chi connectivity index (χ4v) is 3.26. The molecule has 2 aromatic carbocycles. The van der Waals surface area contributed by atoms with E-state index in [2.05, 4.69) is 24.0 Å². The van der Waals surface area contributed by atoms with Gasteiger partial charge in [-0.1, -0.05) is 36.0 Å². The summed E-state index contributed by atoms with van der Waals surface area (Å²) in [5.41, 5.74) is 3.03. The van der Waals surface area contributed by atoms with Crippen LogP contribution >= 0.6 is 11.8 Å². The molecule has 0 aliphatic rings. The van der Waals surface area contributed by atoms with Crippen molar-refractivity contribution in [3.05, 3.63) is 63.9 Å². The molecule has 1 aromatic heterocycles. The van der Waals surface area contributed by atoms with Gasteiger partial charge in [0.05, 0.1) is 17.5 Å². The zero-order valence-corrected chi connectivity index (χ0v) is 14.9. The van der Waals surface area contributed by atoms with Gasteiger partial charge < -0.3 is 4.74 Å². The van der Waals surface area contributed by atoms with Crippen LogP contribution in [-0.2, 0) is 7.05 Å². The SMILES string of the molecule is Cc1ccc(C)c(OCCSc2nc3ccccc3c(=O)n2C)c1. The molecular formula is C19H20N2O2S. The molecule has 124 valence electrons. The molecule has 24 heavy (non-hydrogen) atoms. The number of rotatable bonds is 5. The van der Waals surface area contributed by atoms with Gasteiger partial charge in [-0.25, -0.2) is 4.98 Å². The van der Waals surface area contributed by atoms with Crippen LogP contribution in [-0.4, -0.2) is 21.9 Å². The Hall–Kier alpha value is -2.27. The average Bonchev–Trinajstić information content (AvgIpc) is 2.58. The molecule has 0 fully saturated rings. The number of para-hydroxylation sites is 1. The van der Waals surface area contributed by atoms with E-state index >= 15 is 0 Å². The minimum Gasteiger partial charge on any atom is -0.492 e. The lowest BCUT2D eigenvalue weighted by Crippen LogP contribution is -2.20. The van der Waals surface area contributed by atoms with Gasteiger partial charge in [0.1, 0.15) is 5.75 Å². The summed E-state index contributed by atoms with van der Waals surface area (Å²) in [5, 5.41) is 1.36. The highest BCUT2D eigenvalue weighted by molar-refractivity contribution is 7.99. The van der Waals surface area contributed by atoms with Crippen LogP contribution in [0.4, 0.5) is 0 Å². The maximum Gasteiger partial charge on any atom is 0.261 e. The number of thioether (sulfide) groups is 1. The van der Waals surface area contributed by atoms with E-state index in [1.807, 2.05) is 37.3 Å². The molecule has 0 bridgehead atoms. The van der Waals surface area contributed by atoms with E-state index in [1.54, 1.807) is 11.6 Å². The van der Waals surface area contributed by atoms with Crippen LogP contribution in [0.1, 0.15) is 11.1 Å². The molecule has 0 unspecified atom stereocenters. The molecular weight excluding hydrogens is 320 g/mol. The minimum atomic E-state index is -0.0152. The van der Waals surface area contributed by atoms with Gasteiger partial charge in [0, 0.05) is 12.8 Å². The third kappa shape index (κ3) is 3.46. The molecule has 0 spiro atoms. The standard InChI is InChI=1S/C19H20N2O2S/c1-13-8-9-14(2)17(12-13)23-10-11-24-19-20-16-7-5-4-6-15(16)18(22)21(19)3/h4-9,12H,10-11H2,1-3H3. The van der Waals surface area contributed by atoms with E-state index in [1.165, 1.54) is 17.3 Å². The third-order valence-electron chi connectivity index (χ3n) is 3.86. The second-order valence-corrected chi connectivity index (χ2v) is 6.80. The van der Waals surface area contributed by atoms with Gasteiger partial charge in [0.2, 0.25) is 0 Å². The molecule has 0 amide bonds. The van der Waals surface area contributed by atoms with E-state index in [-0.39, 0.29) is 5.56 Å². The molecule has 0 radical (unpaired) electrons. The van der Waals surface area contributed by atoms with Crippen LogP contribution in [0.5, 0.6) is 5.75 Å². The number of benzene rings is 2. The zero-order valence-electron chi connectivity index (χ0n) is 14.1. The van der Waals surface area contributed by atoms with Gasteiger partial charge in [-0.15, -0.1) is 0 Å². The van der Waals surface area contributed by atoms with Crippen molar-refractivity contribution in [2.24, 2.45) is 7.05 Å². The van der Waals surface area contributed by atoms with Gasteiger partial charge in [-0.05, 0) is 43.2 Å². The molecule has 0 saturated heterocycles. The Morgan fingerprint density at radius 2 is 1.96 bits per heavy atom. The summed E-state index contributed by atoms with van der Waals surface area (Å²) in [4.78, 5) is 16.9. The first-order valence-electron chi connectivity index (χ1n) is 7.85. The van der Waals surface area contributed by atoms with Gasteiger partial charge in [-0.3, -0.25) is 9.36 Å². The quantitative estimate of drug-likeness (QED) is 0.403. The Morgan fingerprint density at radius 1 is 1.17 bits per heavy atom. The highest BCUT2D eigenvalue weighted by Crippen LogP contribution is 2.21. The molecule has 3 aromatic rings. The molecule has 4 nitrogen and oxygen atoms in total. The smallest absolute Gasteiger partial charge is 0.261 e. The number of fused-ring (bicyclic) bond motifs is 1. The van der Waals surface area contributed by atoms with Crippen molar-refractivity contribution in [2.75, 3.05) is 12.4 Å². The van der Waals surface area contributed by atoms with Crippen LogP contribution in [0, 0.1) is 13.8 Å². The zero-order chi connectivity index (χ0) is 17.1. The van der Waals surface area contributed by atoms with E-state index in [9.17, 15) is 4.79 Å². The van der Waals surface area contributed by atoms with Crippen LogP contribution in [0.25, 0.3) is 10.9 Å². The average molecular weight is 340 g/mol. The van der Waals surface area contributed by atoms with E-state index in [0.29, 0.717) is 17.1 Å². The highest BCUT2D eigenvalue weighted by Gasteiger charge is 2.08. The normalized spacial score (nSPS) is 11.0. The number of aryl methyl sites for hydroxylation is 2. The number of nitrogens with zero attached hydrogens (tertiary/aromatic N) is 2. The fraction of sp³-hybridized carbons (Fsp3) is 0.263. The molecule has 0 atom stereocenters. The lowest BCUT2D eigenvalue weighted by atomic mass is 10.1. The highest BCUT2D eigenvalue weighted by atomic mass is 32.2. The van der Waals surface area contributed by atoms with Crippen molar-refractivity contribution < 1.29 is 4.74 Å². The minimum absolute atomic E-state index is 0.0152. The van der Waals surface area contributed by atoms with Crippen molar-refractivity contribution in [1.82, 2.24) is 9.55 Å². The summed E-state index contributed by atoms with van der Waals surface area (Å²) in [6.07, 6.45) is 0. The van der Waals surface area contributed by atoms with E-state index < -0.39 is 0 Å². The Balaban J connectivity index is 1.69. The monoisotopic (exact) mass is 340 g/mol. The summed E-state index contributed by atoms with van der Waals surface area (Å²) in [7, 11) is 1.76. The lowest BCUT2D eigenvalue weighted by molar-refractivity contribution is 0.341. The summed E-state index contributed by atoms with van der Waals surface area (Å²) in [6, 6.07) is 13.6. The topological polar surface area (TPSA) is 44.1 Å². The number of hydrogen-bond donors (Lipinski definition) is 0. The first-order chi connectivity index (χ1) is 11.6. The maximum atomic E-state index is 12.4. The predicted octanol–water partition coefficient (Wildman–Crippen LogP) is 3.72. The van der Waals surface area contributed by atoms with Crippen molar-refractivity contribution in [3.8, 4) is 5.75 Å². The lowest BCUT2D eigenvalue weighted by Gasteiger charge is -2.11. The van der Waals surface area contributed by atoms with Gasteiger partial charge in [-0.2, -0.15) is 0 Å². The van der Waals surface area contributed by atoms with Gasteiger partial charge in [0.15, 0.2) is 5.16 Å². The van der Waals surface area contributed by atoms with Gasteiger partial charge >= 0.3 is 0 Å². The molecule has 0 aliphatic heterocycles. The van der Waals surface area contributed by atoms with E-state index in [4.69, 9.17) is 4.74 Å². The van der Waals surface area contributed by atoms with Crippen molar-refractivity contribution in [2.45, 2.75) is 19.0 Å².